The van der Waals surface area contributed by atoms with Gasteiger partial charge in [-0.25, -0.2) is 4.68 Å². The highest BCUT2D eigenvalue weighted by Crippen LogP contribution is 2.37. The average Bonchev–Trinajstić information content (AvgIpc) is 2.93. The lowest BCUT2D eigenvalue weighted by Gasteiger charge is -2.34. The molecule has 0 bridgehead atoms. The minimum Gasteiger partial charge on any atom is -0.309 e. The van der Waals surface area contributed by atoms with Crippen molar-refractivity contribution in [3.05, 3.63) is 11.9 Å². The van der Waals surface area contributed by atoms with Crippen LogP contribution in [-0.4, -0.2) is 21.5 Å². The number of aryl methyl sites for hydroxylation is 1. The van der Waals surface area contributed by atoms with Gasteiger partial charge < -0.3 is 5.32 Å². The number of aromatic nitrogens is 3. The third-order valence-electron chi connectivity index (χ3n) is 4.77. The van der Waals surface area contributed by atoms with Gasteiger partial charge in [-0.15, -0.1) is 5.10 Å². The summed E-state index contributed by atoms with van der Waals surface area (Å²) in [6.07, 6.45) is 9.87. The molecule has 0 saturated heterocycles. The van der Waals surface area contributed by atoms with Crippen molar-refractivity contribution < 1.29 is 0 Å². The molecule has 0 amide bonds. The zero-order valence-electron chi connectivity index (χ0n) is 13.3. The maximum Gasteiger partial charge on any atom is 0.0759 e. The summed E-state index contributed by atoms with van der Waals surface area (Å²) in [5.41, 5.74) is 1.29. The molecule has 114 valence electrons. The molecule has 0 aromatic carbocycles. The van der Waals surface area contributed by atoms with Gasteiger partial charge in [0.2, 0.25) is 0 Å². The first kappa shape index (κ1) is 15.5. The van der Waals surface area contributed by atoms with Crippen LogP contribution in [0.15, 0.2) is 6.20 Å². The Balaban J connectivity index is 2.08. The minimum atomic E-state index is 0.430. The van der Waals surface area contributed by atoms with Gasteiger partial charge in [-0.2, -0.15) is 0 Å². The molecule has 2 rings (SSSR count). The summed E-state index contributed by atoms with van der Waals surface area (Å²) < 4.78 is 2.10. The second-order valence-electron chi connectivity index (χ2n) is 6.11. The molecular weight excluding hydrogens is 248 g/mol. The second-order valence-corrected chi connectivity index (χ2v) is 6.11. The number of hydrogen-bond acceptors (Lipinski definition) is 3. The van der Waals surface area contributed by atoms with Crippen molar-refractivity contribution in [2.45, 2.75) is 71.9 Å². The molecule has 4 heteroatoms. The minimum absolute atomic E-state index is 0.430. The zero-order valence-corrected chi connectivity index (χ0v) is 13.3. The Morgan fingerprint density at radius 3 is 2.60 bits per heavy atom. The summed E-state index contributed by atoms with van der Waals surface area (Å²) in [4.78, 5) is 0. The number of nitrogens with zero attached hydrogens (tertiary/aromatic N) is 3. The van der Waals surface area contributed by atoms with Gasteiger partial charge in [0, 0.05) is 6.54 Å². The smallest absolute Gasteiger partial charge is 0.0759 e. The van der Waals surface area contributed by atoms with Crippen molar-refractivity contribution >= 4 is 0 Å². The lowest BCUT2D eigenvalue weighted by Crippen LogP contribution is -2.32. The Labute approximate surface area is 123 Å². The van der Waals surface area contributed by atoms with Crippen LogP contribution in [0, 0.1) is 11.8 Å². The van der Waals surface area contributed by atoms with Crippen molar-refractivity contribution in [3.63, 3.8) is 0 Å². The van der Waals surface area contributed by atoms with Crippen LogP contribution in [0.5, 0.6) is 0 Å². The monoisotopic (exact) mass is 278 g/mol. The standard InChI is InChI=1S/C16H30N4/c1-4-11-20-15(12-18-19-20)16(17-6-3)14-9-7-13(5-2)8-10-14/h12-14,16-17H,4-11H2,1-3H3. The van der Waals surface area contributed by atoms with E-state index < -0.39 is 0 Å². The fraction of sp³-hybridized carbons (Fsp3) is 0.875. The lowest BCUT2D eigenvalue weighted by atomic mass is 9.77. The number of hydrogen-bond donors (Lipinski definition) is 1. The van der Waals surface area contributed by atoms with Crippen LogP contribution in [0.25, 0.3) is 0 Å². The predicted molar refractivity (Wildman–Crippen MR) is 82.5 cm³/mol. The summed E-state index contributed by atoms with van der Waals surface area (Å²) in [6.45, 7) is 8.70. The van der Waals surface area contributed by atoms with Gasteiger partial charge in [0.15, 0.2) is 0 Å². The molecule has 1 N–H and O–H groups in total. The van der Waals surface area contributed by atoms with E-state index in [1.54, 1.807) is 0 Å². The molecule has 4 nitrogen and oxygen atoms in total. The fourth-order valence-corrected chi connectivity index (χ4v) is 3.55. The molecule has 1 aliphatic carbocycles. The third-order valence-corrected chi connectivity index (χ3v) is 4.77. The Morgan fingerprint density at radius 2 is 2.00 bits per heavy atom. The molecule has 1 aliphatic rings. The van der Waals surface area contributed by atoms with Crippen molar-refractivity contribution in [1.82, 2.24) is 20.3 Å². The van der Waals surface area contributed by atoms with Crippen LogP contribution in [0.4, 0.5) is 0 Å². The largest absolute Gasteiger partial charge is 0.309 e. The molecule has 1 unspecified atom stereocenters. The Morgan fingerprint density at radius 1 is 1.25 bits per heavy atom. The Hall–Kier alpha value is -0.900. The van der Waals surface area contributed by atoms with Crippen molar-refractivity contribution in [2.24, 2.45) is 11.8 Å². The summed E-state index contributed by atoms with van der Waals surface area (Å²) in [6, 6.07) is 0.430. The van der Waals surface area contributed by atoms with E-state index in [9.17, 15) is 0 Å². The molecule has 1 aromatic rings. The third kappa shape index (κ3) is 3.60. The van der Waals surface area contributed by atoms with E-state index in [-0.39, 0.29) is 0 Å². The van der Waals surface area contributed by atoms with Crippen molar-refractivity contribution in [1.29, 1.82) is 0 Å². The maximum atomic E-state index is 4.26. The van der Waals surface area contributed by atoms with E-state index in [1.807, 2.05) is 6.20 Å². The molecule has 0 aliphatic heterocycles. The molecule has 1 aromatic heterocycles. The van der Waals surface area contributed by atoms with Gasteiger partial charge in [0.1, 0.15) is 0 Å². The van der Waals surface area contributed by atoms with Gasteiger partial charge in [-0.1, -0.05) is 45.2 Å². The topological polar surface area (TPSA) is 42.7 Å². The molecule has 1 saturated carbocycles. The van der Waals surface area contributed by atoms with Crippen LogP contribution < -0.4 is 5.32 Å². The first-order valence-electron chi connectivity index (χ1n) is 8.41. The van der Waals surface area contributed by atoms with Gasteiger partial charge in [0.25, 0.3) is 0 Å². The van der Waals surface area contributed by atoms with Crippen LogP contribution >= 0.6 is 0 Å². The summed E-state index contributed by atoms with van der Waals surface area (Å²) in [7, 11) is 0. The predicted octanol–water partition coefficient (Wildman–Crippen LogP) is 3.56. The molecule has 1 fully saturated rings. The summed E-state index contributed by atoms with van der Waals surface area (Å²) in [5.74, 6) is 1.69. The first-order chi connectivity index (χ1) is 9.80. The molecule has 1 atom stereocenters. The van der Waals surface area contributed by atoms with Gasteiger partial charge in [0.05, 0.1) is 17.9 Å². The first-order valence-corrected chi connectivity index (χ1v) is 8.41. The van der Waals surface area contributed by atoms with E-state index >= 15 is 0 Å². The van der Waals surface area contributed by atoms with Crippen LogP contribution in [0.3, 0.4) is 0 Å². The Bertz CT molecular complexity index is 380. The van der Waals surface area contributed by atoms with Gasteiger partial charge >= 0.3 is 0 Å². The Kier molecular flexibility index (Phi) is 6.02. The molecule has 1 heterocycles. The fourth-order valence-electron chi connectivity index (χ4n) is 3.55. The maximum absolute atomic E-state index is 4.26. The van der Waals surface area contributed by atoms with Crippen LogP contribution in [-0.2, 0) is 6.54 Å². The normalized spacial score (nSPS) is 24.8. The van der Waals surface area contributed by atoms with E-state index in [0.29, 0.717) is 6.04 Å². The highest BCUT2D eigenvalue weighted by Gasteiger charge is 2.29. The van der Waals surface area contributed by atoms with Crippen LogP contribution in [0.2, 0.25) is 0 Å². The lowest BCUT2D eigenvalue weighted by molar-refractivity contribution is 0.213. The van der Waals surface area contributed by atoms with E-state index in [2.05, 4.69) is 41.1 Å². The zero-order chi connectivity index (χ0) is 14.4. The number of rotatable bonds is 7. The SMILES string of the molecule is CCCn1nncc1C(NCC)C1CCC(CC)CC1. The van der Waals surface area contributed by atoms with E-state index in [4.69, 9.17) is 0 Å². The molecule has 0 spiro atoms. The molecule has 0 radical (unpaired) electrons. The summed E-state index contributed by atoms with van der Waals surface area (Å²) in [5, 5.41) is 12.1. The van der Waals surface area contributed by atoms with E-state index in [0.717, 1.165) is 31.3 Å². The molecule has 20 heavy (non-hydrogen) atoms. The average molecular weight is 278 g/mol. The van der Waals surface area contributed by atoms with E-state index in [1.165, 1.54) is 37.8 Å². The van der Waals surface area contributed by atoms with Crippen molar-refractivity contribution in [3.8, 4) is 0 Å². The highest BCUT2D eigenvalue weighted by atomic mass is 15.4. The van der Waals surface area contributed by atoms with Crippen LogP contribution in [0.1, 0.15) is 71.0 Å². The number of nitrogens with one attached hydrogen (secondary N) is 1. The molecular formula is C16H30N4. The van der Waals surface area contributed by atoms with Crippen molar-refractivity contribution in [2.75, 3.05) is 6.54 Å². The van der Waals surface area contributed by atoms with Gasteiger partial charge in [-0.3, -0.25) is 0 Å². The van der Waals surface area contributed by atoms with Gasteiger partial charge in [-0.05, 0) is 37.6 Å². The second kappa shape index (κ2) is 7.77. The summed E-state index contributed by atoms with van der Waals surface area (Å²) >= 11 is 0. The highest BCUT2D eigenvalue weighted by molar-refractivity contribution is 5.05. The quantitative estimate of drug-likeness (QED) is 0.829.